The quantitative estimate of drug-likeness (QED) is 0.400. The van der Waals surface area contributed by atoms with Gasteiger partial charge in [-0.15, -0.1) is 0 Å². The van der Waals surface area contributed by atoms with Crippen LogP contribution < -0.4 is 16.0 Å². The summed E-state index contributed by atoms with van der Waals surface area (Å²) in [4.78, 5) is 31.5. The van der Waals surface area contributed by atoms with Gasteiger partial charge in [-0.3, -0.25) is 9.36 Å². The van der Waals surface area contributed by atoms with Crippen molar-refractivity contribution in [3.05, 3.63) is 105 Å². The maximum atomic E-state index is 13.7. The summed E-state index contributed by atoms with van der Waals surface area (Å²) in [5.41, 5.74) is 2.65. The van der Waals surface area contributed by atoms with Gasteiger partial charge in [0.25, 0.3) is 5.56 Å². The molecular weight excluding hydrogens is 432 g/mol. The molecule has 0 saturated heterocycles. The van der Waals surface area contributed by atoms with Crippen LogP contribution in [0, 0.1) is 13.8 Å². The van der Waals surface area contributed by atoms with Crippen molar-refractivity contribution in [1.29, 1.82) is 0 Å². The van der Waals surface area contributed by atoms with Gasteiger partial charge in [0, 0.05) is 0 Å². The fraction of sp³-hybridized carbons (Fsp3) is 0.154. The van der Waals surface area contributed by atoms with Crippen LogP contribution in [0.3, 0.4) is 0 Å². The van der Waals surface area contributed by atoms with Crippen LogP contribution >= 0.6 is 0 Å². The smallest absolute Gasteiger partial charge is 0.336 e. The van der Waals surface area contributed by atoms with Crippen LogP contribution in [0.1, 0.15) is 17.0 Å². The molecule has 8 heteroatoms. The van der Waals surface area contributed by atoms with E-state index < -0.39 is 5.69 Å². The Kier molecular flexibility index (Phi) is 5.33. The van der Waals surface area contributed by atoms with E-state index in [2.05, 4.69) is 10.1 Å². The standard InChI is InChI=1S/C26H22N4O4/c1-16-12-13-17(2)21(14-16)30-25(31)18-8-4-6-10-20(18)29(26(30)32)15-23-27-24(28-34-23)19-9-5-7-11-22(19)33-3/h4-14H,15H2,1-3H3. The van der Waals surface area contributed by atoms with Gasteiger partial charge in [0.05, 0.1) is 29.3 Å². The average molecular weight is 454 g/mol. The molecule has 8 nitrogen and oxygen atoms in total. The third-order valence-electron chi connectivity index (χ3n) is 5.77. The monoisotopic (exact) mass is 454 g/mol. The number of benzene rings is 3. The van der Waals surface area contributed by atoms with Crippen molar-refractivity contribution in [3.63, 3.8) is 0 Å². The molecule has 0 N–H and O–H groups in total. The van der Waals surface area contributed by atoms with E-state index in [9.17, 15) is 9.59 Å². The Labute approximate surface area is 194 Å². The van der Waals surface area contributed by atoms with E-state index >= 15 is 0 Å². The minimum atomic E-state index is -0.477. The molecule has 5 rings (SSSR count). The van der Waals surface area contributed by atoms with E-state index in [1.165, 1.54) is 9.13 Å². The van der Waals surface area contributed by atoms with Crippen LogP contribution in [0.15, 0.2) is 80.8 Å². The second-order valence-corrected chi connectivity index (χ2v) is 8.03. The number of methoxy groups -OCH3 is 1. The van der Waals surface area contributed by atoms with Crippen LogP contribution in [0.4, 0.5) is 0 Å². The minimum absolute atomic E-state index is 0.00659. The first-order chi connectivity index (χ1) is 16.5. The summed E-state index contributed by atoms with van der Waals surface area (Å²) in [6.07, 6.45) is 0. The van der Waals surface area contributed by atoms with Gasteiger partial charge in [0.15, 0.2) is 0 Å². The number of para-hydroxylation sites is 2. The van der Waals surface area contributed by atoms with E-state index in [-0.39, 0.29) is 18.0 Å². The second kappa shape index (κ2) is 8.47. The molecule has 0 amide bonds. The molecule has 0 fully saturated rings. The Morgan fingerprint density at radius 1 is 0.971 bits per heavy atom. The molecule has 0 bridgehead atoms. The van der Waals surface area contributed by atoms with Crippen LogP contribution in [0.5, 0.6) is 5.75 Å². The predicted molar refractivity (Wildman–Crippen MR) is 129 cm³/mol. The Balaban J connectivity index is 1.68. The minimum Gasteiger partial charge on any atom is -0.496 e. The number of ether oxygens (including phenoxy) is 1. The van der Waals surface area contributed by atoms with Crippen molar-refractivity contribution in [2.75, 3.05) is 7.11 Å². The Bertz CT molecular complexity index is 1650. The summed E-state index contributed by atoms with van der Waals surface area (Å²) in [7, 11) is 1.57. The molecule has 0 aliphatic heterocycles. The number of hydrogen-bond acceptors (Lipinski definition) is 6. The maximum absolute atomic E-state index is 13.7. The van der Waals surface area contributed by atoms with Gasteiger partial charge in [0.1, 0.15) is 12.3 Å². The van der Waals surface area contributed by atoms with E-state index in [0.717, 1.165) is 11.1 Å². The van der Waals surface area contributed by atoms with Gasteiger partial charge < -0.3 is 9.26 Å². The molecule has 34 heavy (non-hydrogen) atoms. The number of aryl methyl sites for hydroxylation is 2. The highest BCUT2D eigenvalue weighted by molar-refractivity contribution is 5.78. The summed E-state index contributed by atoms with van der Waals surface area (Å²) < 4.78 is 13.6. The Morgan fingerprint density at radius 2 is 1.74 bits per heavy atom. The molecule has 0 atom stereocenters. The van der Waals surface area contributed by atoms with Crippen LogP contribution in [0.25, 0.3) is 28.0 Å². The third kappa shape index (κ3) is 3.59. The van der Waals surface area contributed by atoms with Crippen molar-refractivity contribution >= 4 is 10.9 Å². The fourth-order valence-corrected chi connectivity index (χ4v) is 4.04. The van der Waals surface area contributed by atoms with Crippen molar-refractivity contribution in [2.24, 2.45) is 0 Å². The van der Waals surface area contributed by atoms with E-state index in [0.29, 0.717) is 33.7 Å². The maximum Gasteiger partial charge on any atom is 0.336 e. The zero-order valence-corrected chi connectivity index (χ0v) is 19.0. The molecule has 5 aromatic rings. The van der Waals surface area contributed by atoms with E-state index in [1.54, 1.807) is 31.4 Å². The lowest BCUT2D eigenvalue weighted by atomic mass is 10.1. The van der Waals surface area contributed by atoms with Crippen LogP contribution in [-0.4, -0.2) is 26.4 Å². The molecule has 0 saturated carbocycles. The first-order valence-electron chi connectivity index (χ1n) is 10.8. The van der Waals surface area contributed by atoms with Gasteiger partial charge in [0.2, 0.25) is 11.7 Å². The SMILES string of the molecule is COc1ccccc1-c1noc(Cn2c(=O)n(-c3cc(C)ccc3C)c(=O)c3ccccc32)n1. The topological polar surface area (TPSA) is 92.2 Å². The molecule has 3 aromatic carbocycles. The normalized spacial score (nSPS) is 11.1. The first-order valence-corrected chi connectivity index (χ1v) is 10.8. The molecule has 0 radical (unpaired) electrons. The van der Waals surface area contributed by atoms with Gasteiger partial charge in [-0.2, -0.15) is 4.98 Å². The van der Waals surface area contributed by atoms with Crippen LogP contribution in [-0.2, 0) is 6.54 Å². The highest BCUT2D eigenvalue weighted by atomic mass is 16.5. The zero-order valence-electron chi connectivity index (χ0n) is 19.0. The van der Waals surface area contributed by atoms with Crippen molar-refractivity contribution in [3.8, 4) is 22.8 Å². The van der Waals surface area contributed by atoms with Gasteiger partial charge >= 0.3 is 5.69 Å². The Morgan fingerprint density at radius 3 is 2.56 bits per heavy atom. The molecule has 0 aliphatic rings. The lowest BCUT2D eigenvalue weighted by Crippen LogP contribution is -2.39. The molecular formula is C26H22N4O4. The first kappa shape index (κ1) is 21.4. The largest absolute Gasteiger partial charge is 0.496 e. The zero-order chi connectivity index (χ0) is 23.8. The van der Waals surface area contributed by atoms with E-state index in [4.69, 9.17) is 9.26 Å². The highest BCUT2D eigenvalue weighted by Crippen LogP contribution is 2.27. The lowest BCUT2D eigenvalue weighted by Gasteiger charge is -2.14. The number of hydrogen-bond donors (Lipinski definition) is 0. The molecule has 0 unspecified atom stereocenters. The Hall–Kier alpha value is -4.46. The van der Waals surface area contributed by atoms with Gasteiger partial charge in [-0.25, -0.2) is 9.36 Å². The third-order valence-corrected chi connectivity index (χ3v) is 5.77. The van der Waals surface area contributed by atoms with Gasteiger partial charge in [-0.05, 0) is 55.3 Å². The summed E-state index contributed by atoms with van der Waals surface area (Å²) in [5.74, 6) is 1.20. The van der Waals surface area contributed by atoms with Crippen LogP contribution in [0.2, 0.25) is 0 Å². The average Bonchev–Trinajstić information content (AvgIpc) is 3.32. The molecule has 2 heterocycles. The highest BCUT2D eigenvalue weighted by Gasteiger charge is 2.19. The summed E-state index contributed by atoms with van der Waals surface area (Å²) in [6, 6.07) is 20.0. The van der Waals surface area contributed by atoms with E-state index in [1.807, 2.05) is 56.3 Å². The number of fused-ring (bicyclic) bond motifs is 1. The summed E-state index contributed by atoms with van der Waals surface area (Å²) in [5, 5.41) is 4.50. The number of nitrogens with zero attached hydrogens (tertiary/aromatic N) is 4. The van der Waals surface area contributed by atoms with Gasteiger partial charge in [-0.1, -0.05) is 41.6 Å². The molecule has 170 valence electrons. The number of aromatic nitrogens is 4. The summed E-state index contributed by atoms with van der Waals surface area (Å²) in [6.45, 7) is 3.80. The van der Waals surface area contributed by atoms with Crippen molar-refractivity contribution < 1.29 is 9.26 Å². The predicted octanol–water partition coefficient (Wildman–Crippen LogP) is 3.88. The molecule has 0 spiro atoms. The molecule has 2 aromatic heterocycles. The fourth-order valence-electron chi connectivity index (χ4n) is 4.04. The second-order valence-electron chi connectivity index (χ2n) is 8.03. The molecule has 0 aliphatic carbocycles. The van der Waals surface area contributed by atoms with Crippen molar-refractivity contribution in [2.45, 2.75) is 20.4 Å². The lowest BCUT2D eigenvalue weighted by molar-refractivity contribution is 0.369. The number of rotatable bonds is 5. The van der Waals surface area contributed by atoms with Crippen molar-refractivity contribution in [1.82, 2.24) is 19.3 Å². The summed E-state index contributed by atoms with van der Waals surface area (Å²) >= 11 is 0.